The molecule has 1 aliphatic heterocycles. The molecule has 1 unspecified atom stereocenters. The van der Waals surface area contributed by atoms with Crippen LogP contribution in [0, 0.1) is 0 Å². The van der Waals surface area contributed by atoms with Crippen molar-refractivity contribution in [1.82, 2.24) is 9.62 Å². The summed E-state index contributed by atoms with van der Waals surface area (Å²) < 4.78 is 42.0. The maximum atomic E-state index is 12.6. The molecule has 27 heavy (non-hydrogen) atoms. The van der Waals surface area contributed by atoms with Crippen LogP contribution in [0.2, 0.25) is 0 Å². The molecule has 0 aliphatic carbocycles. The number of nitrogens with one attached hydrogen (secondary N) is 1. The number of hydrogen-bond donors (Lipinski definition) is 1. The van der Waals surface area contributed by atoms with Crippen molar-refractivity contribution < 1.29 is 27.4 Å². The summed E-state index contributed by atoms with van der Waals surface area (Å²) in [7, 11) is 1.16. The fourth-order valence-corrected chi connectivity index (χ4v) is 5.00. The first-order chi connectivity index (χ1) is 12.9. The molecule has 1 saturated heterocycles. The monoisotopic (exact) mass is 400 g/mol. The molecule has 2 rings (SSSR count). The number of hydrogen-bond acceptors (Lipinski definition) is 6. The van der Waals surface area contributed by atoms with Crippen LogP contribution in [0.25, 0.3) is 0 Å². The van der Waals surface area contributed by atoms with E-state index >= 15 is 0 Å². The minimum atomic E-state index is -3.40. The van der Waals surface area contributed by atoms with Crippen LogP contribution in [0.1, 0.15) is 31.7 Å². The maximum absolute atomic E-state index is 12.6. The van der Waals surface area contributed by atoms with Crippen LogP contribution in [-0.2, 0) is 21.4 Å². The highest BCUT2D eigenvalue weighted by Crippen LogP contribution is 2.38. The number of amides is 1. The average Bonchev–Trinajstić information content (AvgIpc) is 3.16. The molecular formula is C18H28N2O6S. The van der Waals surface area contributed by atoms with E-state index in [2.05, 4.69) is 5.32 Å². The van der Waals surface area contributed by atoms with Crippen molar-refractivity contribution in [3.8, 4) is 17.2 Å². The highest BCUT2D eigenvalue weighted by Gasteiger charge is 2.37. The van der Waals surface area contributed by atoms with Crippen LogP contribution in [-0.4, -0.2) is 58.3 Å². The Bertz CT molecular complexity index is 740. The van der Waals surface area contributed by atoms with Crippen LogP contribution in [0.4, 0.5) is 0 Å². The summed E-state index contributed by atoms with van der Waals surface area (Å²) in [6.07, 6.45) is 1.74. The highest BCUT2D eigenvalue weighted by molar-refractivity contribution is 7.89. The second-order valence-corrected chi connectivity index (χ2v) is 8.38. The van der Waals surface area contributed by atoms with Crippen molar-refractivity contribution in [2.24, 2.45) is 0 Å². The van der Waals surface area contributed by atoms with Crippen LogP contribution in [0.3, 0.4) is 0 Å². The van der Waals surface area contributed by atoms with Crippen molar-refractivity contribution >= 4 is 15.9 Å². The lowest BCUT2D eigenvalue weighted by atomic mass is 10.1. The third-order valence-corrected chi connectivity index (χ3v) is 6.59. The molecule has 1 N–H and O–H groups in total. The molecule has 0 bridgehead atoms. The fourth-order valence-electron chi connectivity index (χ4n) is 3.25. The van der Waals surface area contributed by atoms with Gasteiger partial charge in [-0.2, -0.15) is 4.31 Å². The van der Waals surface area contributed by atoms with Crippen molar-refractivity contribution in [3.05, 3.63) is 17.7 Å². The first-order valence-corrected chi connectivity index (χ1v) is 10.5. The Kier molecular flexibility index (Phi) is 7.32. The van der Waals surface area contributed by atoms with Gasteiger partial charge in [0, 0.05) is 13.1 Å². The summed E-state index contributed by atoms with van der Waals surface area (Å²) in [5, 5.41) is 2.83. The van der Waals surface area contributed by atoms with E-state index in [1.165, 1.54) is 25.6 Å². The number of methoxy groups -OCH3 is 3. The van der Waals surface area contributed by atoms with Crippen LogP contribution in [0.15, 0.2) is 12.1 Å². The second-order valence-electron chi connectivity index (χ2n) is 6.34. The van der Waals surface area contributed by atoms with Crippen LogP contribution >= 0.6 is 0 Å². The molecule has 9 heteroatoms. The Balaban J connectivity index is 2.11. The van der Waals surface area contributed by atoms with Crippen molar-refractivity contribution in [3.63, 3.8) is 0 Å². The second kappa shape index (κ2) is 9.27. The third kappa shape index (κ3) is 4.84. The van der Waals surface area contributed by atoms with Gasteiger partial charge in [-0.25, -0.2) is 8.42 Å². The Morgan fingerprint density at radius 3 is 2.33 bits per heavy atom. The summed E-state index contributed by atoms with van der Waals surface area (Å²) in [5.41, 5.74) is 0.763. The first kappa shape index (κ1) is 21.3. The predicted octanol–water partition coefficient (Wildman–Crippen LogP) is 1.53. The van der Waals surface area contributed by atoms with E-state index in [0.29, 0.717) is 43.1 Å². The zero-order valence-corrected chi connectivity index (χ0v) is 17.1. The van der Waals surface area contributed by atoms with Gasteiger partial charge in [0.15, 0.2) is 11.5 Å². The van der Waals surface area contributed by atoms with Gasteiger partial charge in [-0.3, -0.25) is 4.79 Å². The Morgan fingerprint density at radius 1 is 1.19 bits per heavy atom. The van der Waals surface area contributed by atoms with Gasteiger partial charge in [-0.15, -0.1) is 0 Å². The van der Waals surface area contributed by atoms with Gasteiger partial charge in [0.1, 0.15) is 6.04 Å². The molecule has 1 aromatic rings. The lowest BCUT2D eigenvalue weighted by Gasteiger charge is -2.23. The van der Waals surface area contributed by atoms with Gasteiger partial charge in [0.05, 0.1) is 27.1 Å². The minimum Gasteiger partial charge on any atom is -0.493 e. The van der Waals surface area contributed by atoms with Crippen molar-refractivity contribution in [1.29, 1.82) is 0 Å². The largest absolute Gasteiger partial charge is 0.493 e. The number of carbonyl (C=O) groups excluding carboxylic acids is 1. The van der Waals surface area contributed by atoms with Gasteiger partial charge in [-0.1, -0.05) is 6.92 Å². The van der Waals surface area contributed by atoms with E-state index in [0.717, 1.165) is 5.56 Å². The van der Waals surface area contributed by atoms with Gasteiger partial charge in [0.25, 0.3) is 0 Å². The summed E-state index contributed by atoms with van der Waals surface area (Å²) in [4.78, 5) is 12.6. The minimum absolute atomic E-state index is 0.0592. The van der Waals surface area contributed by atoms with Crippen molar-refractivity contribution in [2.45, 2.75) is 38.8 Å². The molecule has 0 saturated carbocycles. The molecule has 152 valence electrons. The first-order valence-electron chi connectivity index (χ1n) is 8.94. The van der Waals surface area contributed by atoms with Gasteiger partial charge in [-0.05, 0) is 37.0 Å². The number of ether oxygens (including phenoxy) is 3. The molecule has 0 aromatic heterocycles. The van der Waals surface area contributed by atoms with E-state index in [1.807, 2.05) is 6.92 Å². The number of rotatable bonds is 9. The van der Waals surface area contributed by atoms with E-state index < -0.39 is 16.1 Å². The number of nitrogens with zero attached hydrogens (tertiary/aromatic N) is 1. The zero-order valence-electron chi connectivity index (χ0n) is 16.3. The van der Waals surface area contributed by atoms with Gasteiger partial charge >= 0.3 is 0 Å². The van der Waals surface area contributed by atoms with Gasteiger partial charge < -0.3 is 19.5 Å². The zero-order chi connectivity index (χ0) is 20.0. The van der Waals surface area contributed by atoms with Crippen LogP contribution in [0.5, 0.6) is 17.2 Å². The molecule has 1 amide bonds. The lowest BCUT2D eigenvalue weighted by molar-refractivity contribution is -0.124. The number of benzene rings is 1. The Labute approximate surface area is 160 Å². The summed E-state index contributed by atoms with van der Waals surface area (Å²) >= 11 is 0. The standard InChI is InChI=1S/C18H28N2O6S/c1-5-9-27(22,23)20-8-6-7-14(20)18(21)19-12-13-10-15(24-2)17(26-4)16(11-13)25-3/h10-11,14H,5-9,12H2,1-4H3,(H,19,21). The Hall–Kier alpha value is -2.00. The fraction of sp³-hybridized carbons (Fsp3) is 0.611. The maximum Gasteiger partial charge on any atom is 0.238 e. The predicted molar refractivity (Wildman–Crippen MR) is 102 cm³/mol. The Morgan fingerprint density at radius 2 is 1.81 bits per heavy atom. The lowest BCUT2D eigenvalue weighted by Crippen LogP contribution is -2.46. The number of sulfonamides is 1. The number of carbonyl (C=O) groups is 1. The SMILES string of the molecule is CCCS(=O)(=O)N1CCCC1C(=O)NCc1cc(OC)c(OC)c(OC)c1. The topological polar surface area (TPSA) is 94.2 Å². The molecule has 0 radical (unpaired) electrons. The highest BCUT2D eigenvalue weighted by atomic mass is 32.2. The van der Waals surface area contributed by atoms with Gasteiger partial charge in [0.2, 0.25) is 21.7 Å². The molecule has 1 aliphatic rings. The molecule has 0 spiro atoms. The molecule has 8 nitrogen and oxygen atoms in total. The summed E-state index contributed by atoms with van der Waals surface area (Å²) in [6, 6.07) is 2.85. The quantitative estimate of drug-likeness (QED) is 0.676. The molecule has 1 heterocycles. The van der Waals surface area contributed by atoms with E-state index in [9.17, 15) is 13.2 Å². The summed E-state index contributed by atoms with van der Waals surface area (Å²) in [6.45, 7) is 2.44. The molecule has 1 fully saturated rings. The van der Waals surface area contributed by atoms with E-state index in [4.69, 9.17) is 14.2 Å². The van der Waals surface area contributed by atoms with E-state index in [1.54, 1.807) is 12.1 Å². The molecule has 1 atom stereocenters. The third-order valence-electron chi connectivity index (χ3n) is 4.52. The van der Waals surface area contributed by atoms with Crippen LogP contribution < -0.4 is 19.5 Å². The van der Waals surface area contributed by atoms with Crippen molar-refractivity contribution in [2.75, 3.05) is 33.6 Å². The smallest absolute Gasteiger partial charge is 0.238 e. The van der Waals surface area contributed by atoms with E-state index in [-0.39, 0.29) is 18.2 Å². The summed E-state index contributed by atoms with van der Waals surface area (Å²) in [5.74, 6) is 1.23. The molecular weight excluding hydrogens is 372 g/mol. The average molecular weight is 400 g/mol. The molecule has 1 aromatic carbocycles. The normalized spacial score (nSPS) is 17.6.